The molecule has 1 atom stereocenters. The molecule has 2 rings (SSSR count). The van der Waals surface area contributed by atoms with Gasteiger partial charge in [0.25, 0.3) is 5.91 Å². The van der Waals surface area contributed by atoms with Crippen LogP contribution in [0.3, 0.4) is 0 Å². The van der Waals surface area contributed by atoms with Gasteiger partial charge in [0.2, 0.25) is 6.79 Å². The first-order valence-corrected chi connectivity index (χ1v) is 7.81. The van der Waals surface area contributed by atoms with Crippen LogP contribution in [0.1, 0.15) is 26.3 Å². The smallest absolute Gasteiger partial charge is 0.331 e. The highest BCUT2D eigenvalue weighted by Gasteiger charge is 2.30. The number of nitriles is 1. The standard InChI is InChI=1S/C18H20N2O5/c1-12(2)18(3,10-19)20-16(21)9-23-17(22)7-5-13-4-6-14-15(8-13)25-11-24-14/h4-8,12H,9,11H2,1-3H3,(H,20,21)/b7-5+/t18-/m0/s1. The Kier molecular flexibility index (Phi) is 5.65. The zero-order chi connectivity index (χ0) is 18.4. The number of carbonyl (C=O) groups is 2. The molecule has 0 unspecified atom stereocenters. The van der Waals surface area contributed by atoms with E-state index in [1.165, 1.54) is 6.08 Å². The maximum absolute atomic E-state index is 11.8. The predicted molar refractivity (Wildman–Crippen MR) is 89.6 cm³/mol. The first kappa shape index (κ1) is 18.3. The highest BCUT2D eigenvalue weighted by atomic mass is 16.7. The molecule has 1 heterocycles. The Bertz CT molecular complexity index is 735. The highest BCUT2D eigenvalue weighted by Crippen LogP contribution is 2.32. The van der Waals surface area contributed by atoms with E-state index >= 15 is 0 Å². The highest BCUT2D eigenvalue weighted by molar-refractivity contribution is 5.89. The topological polar surface area (TPSA) is 97.7 Å². The van der Waals surface area contributed by atoms with E-state index in [2.05, 4.69) is 11.4 Å². The lowest BCUT2D eigenvalue weighted by molar-refractivity contribution is -0.144. The maximum Gasteiger partial charge on any atom is 0.331 e. The van der Waals surface area contributed by atoms with Gasteiger partial charge in [-0.3, -0.25) is 4.79 Å². The number of fused-ring (bicyclic) bond motifs is 1. The van der Waals surface area contributed by atoms with Crippen LogP contribution in [0.2, 0.25) is 0 Å². The number of nitrogens with one attached hydrogen (secondary N) is 1. The zero-order valence-electron chi connectivity index (χ0n) is 14.4. The van der Waals surface area contributed by atoms with Crippen LogP contribution in [0, 0.1) is 17.2 Å². The summed E-state index contributed by atoms with van der Waals surface area (Å²) in [5.41, 5.74) is -0.270. The van der Waals surface area contributed by atoms with Crippen LogP contribution in [-0.4, -0.2) is 30.8 Å². The van der Waals surface area contributed by atoms with Crippen LogP contribution in [0.5, 0.6) is 11.5 Å². The molecule has 132 valence electrons. The minimum Gasteiger partial charge on any atom is -0.454 e. The van der Waals surface area contributed by atoms with Crippen molar-refractivity contribution >= 4 is 18.0 Å². The average molecular weight is 344 g/mol. The molecule has 1 aromatic rings. The van der Waals surface area contributed by atoms with E-state index in [1.54, 1.807) is 31.2 Å². The summed E-state index contributed by atoms with van der Waals surface area (Å²) in [5, 5.41) is 11.7. The lowest BCUT2D eigenvalue weighted by Crippen LogP contribution is -2.50. The van der Waals surface area contributed by atoms with E-state index in [0.29, 0.717) is 11.5 Å². The quantitative estimate of drug-likeness (QED) is 0.626. The lowest BCUT2D eigenvalue weighted by atomic mass is 9.90. The van der Waals surface area contributed by atoms with Crippen LogP contribution in [0.4, 0.5) is 0 Å². The summed E-state index contributed by atoms with van der Waals surface area (Å²) < 4.78 is 15.3. The van der Waals surface area contributed by atoms with Crippen molar-refractivity contribution in [2.24, 2.45) is 5.92 Å². The summed E-state index contributed by atoms with van der Waals surface area (Å²) >= 11 is 0. The number of hydrogen-bond donors (Lipinski definition) is 1. The molecule has 1 N–H and O–H groups in total. The Morgan fingerprint density at radius 2 is 2.12 bits per heavy atom. The van der Waals surface area contributed by atoms with Crippen LogP contribution in [0.25, 0.3) is 6.08 Å². The number of rotatable bonds is 6. The van der Waals surface area contributed by atoms with E-state index in [9.17, 15) is 9.59 Å². The Balaban J connectivity index is 1.84. The van der Waals surface area contributed by atoms with Crippen LogP contribution >= 0.6 is 0 Å². The fourth-order valence-corrected chi connectivity index (χ4v) is 1.99. The zero-order valence-corrected chi connectivity index (χ0v) is 14.4. The molecule has 7 nitrogen and oxygen atoms in total. The van der Waals surface area contributed by atoms with E-state index in [0.717, 1.165) is 5.56 Å². The molecule has 1 aliphatic rings. The van der Waals surface area contributed by atoms with Gasteiger partial charge < -0.3 is 19.5 Å². The average Bonchev–Trinajstić information content (AvgIpc) is 3.05. The Morgan fingerprint density at radius 3 is 2.80 bits per heavy atom. The van der Waals surface area contributed by atoms with Crippen LogP contribution < -0.4 is 14.8 Å². The van der Waals surface area contributed by atoms with Crippen LogP contribution in [-0.2, 0) is 14.3 Å². The number of benzene rings is 1. The monoisotopic (exact) mass is 344 g/mol. The molecule has 0 aliphatic carbocycles. The number of carbonyl (C=O) groups excluding carboxylic acids is 2. The van der Waals surface area contributed by atoms with Gasteiger partial charge in [-0.25, -0.2) is 4.79 Å². The molecule has 1 aliphatic heterocycles. The van der Waals surface area contributed by atoms with E-state index in [4.69, 9.17) is 19.5 Å². The van der Waals surface area contributed by atoms with Crippen LogP contribution in [0.15, 0.2) is 24.3 Å². The SMILES string of the molecule is CC(C)[C@](C)(C#N)NC(=O)COC(=O)/C=C/c1ccc2c(c1)OCO2. The maximum atomic E-state index is 11.8. The molecular weight excluding hydrogens is 324 g/mol. The van der Waals surface area contributed by atoms with Gasteiger partial charge >= 0.3 is 5.97 Å². The summed E-state index contributed by atoms with van der Waals surface area (Å²) in [6.07, 6.45) is 2.77. The van der Waals surface area contributed by atoms with Crippen molar-refractivity contribution in [3.05, 3.63) is 29.8 Å². The van der Waals surface area contributed by atoms with Gasteiger partial charge in [0.15, 0.2) is 18.1 Å². The Morgan fingerprint density at radius 1 is 1.40 bits per heavy atom. The van der Waals surface area contributed by atoms with Crippen molar-refractivity contribution in [3.63, 3.8) is 0 Å². The number of ether oxygens (including phenoxy) is 3. The molecular formula is C18H20N2O5. The molecule has 0 radical (unpaired) electrons. The third-order valence-electron chi connectivity index (χ3n) is 3.94. The molecule has 0 aromatic heterocycles. The Hall–Kier alpha value is -3.01. The third-order valence-corrected chi connectivity index (χ3v) is 3.94. The number of esters is 1. The summed E-state index contributed by atoms with van der Waals surface area (Å²) in [7, 11) is 0. The second-order valence-electron chi connectivity index (χ2n) is 6.07. The second kappa shape index (κ2) is 7.71. The van der Waals surface area contributed by atoms with Crippen molar-refractivity contribution in [2.45, 2.75) is 26.3 Å². The fraction of sp³-hybridized carbons (Fsp3) is 0.389. The van der Waals surface area contributed by atoms with Gasteiger partial charge in [-0.1, -0.05) is 19.9 Å². The normalized spacial score (nSPS) is 14.8. The molecule has 0 saturated heterocycles. The van der Waals surface area contributed by atoms with Gasteiger partial charge in [0.1, 0.15) is 5.54 Å². The molecule has 0 fully saturated rings. The fourth-order valence-electron chi connectivity index (χ4n) is 1.99. The molecule has 1 amide bonds. The summed E-state index contributed by atoms with van der Waals surface area (Å²) in [6.45, 7) is 5.00. The van der Waals surface area contributed by atoms with Crippen molar-refractivity contribution in [2.75, 3.05) is 13.4 Å². The third kappa shape index (κ3) is 4.73. The van der Waals surface area contributed by atoms with Crippen molar-refractivity contribution in [3.8, 4) is 17.6 Å². The largest absolute Gasteiger partial charge is 0.454 e. The van der Waals surface area contributed by atoms with E-state index < -0.39 is 24.0 Å². The predicted octanol–water partition coefficient (Wildman–Crippen LogP) is 2.03. The first-order valence-electron chi connectivity index (χ1n) is 7.81. The molecule has 0 spiro atoms. The molecule has 7 heteroatoms. The van der Waals surface area contributed by atoms with Gasteiger partial charge in [-0.2, -0.15) is 5.26 Å². The van der Waals surface area contributed by atoms with Gasteiger partial charge in [0.05, 0.1) is 6.07 Å². The second-order valence-corrected chi connectivity index (χ2v) is 6.07. The number of hydrogen-bond acceptors (Lipinski definition) is 6. The Labute approximate surface area is 146 Å². The van der Waals surface area contributed by atoms with Gasteiger partial charge in [-0.15, -0.1) is 0 Å². The first-order chi connectivity index (χ1) is 11.8. The molecule has 0 saturated carbocycles. The minimum atomic E-state index is -1.01. The van der Waals surface area contributed by atoms with Gasteiger partial charge in [-0.05, 0) is 36.6 Å². The lowest BCUT2D eigenvalue weighted by Gasteiger charge is -2.27. The van der Waals surface area contributed by atoms with Crippen molar-refractivity contribution < 1.29 is 23.8 Å². The summed E-state index contributed by atoms with van der Waals surface area (Å²) in [4.78, 5) is 23.5. The molecule has 0 bridgehead atoms. The van der Waals surface area contributed by atoms with E-state index in [-0.39, 0.29) is 12.7 Å². The summed E-state index contributed by atoms with van der Waals surface area (Å²) in [5.74, 6) is 0.00289. The van der Waals surface area contributed by atoms with E-state index in [1.807, 2.05) is 13.8 Å². The molecule has 1 aromatic carbocycles. The summed E-state index contributed by atoms with van der Waals surface area (Å²) in [6, 6.07) is 7.31. The van der Waals surface area contributed by atoms with Crippen molar-refractivity contribution in [1.82, 2.24) is 5.32 Å². The van der Waals surface area contributed by atoms with Crippen molar-refractivity contribution in [1.29, 1.82) is 5.26 Å². The molecule has 25 heavy (non-hydrogen) atoms. The van der Waals surface area contributed by atoms with Gasteiger partial charge in [0, 0.05) is 6.08 Å². The number of nitrogens with zero attached hydrogens (tertiary/aromatic N) is 1. The minimum absolute atomic E-state index is 0.0805. The number of amides is 1.